The van der Waals surface area contributed by atoms with Crippen molar-refractivity contribution in [2.75, 3.05) is 6.54 Å². The number of ether oxygens (including phenoxy) is 2. The van der Waals surface area contributed by atoms with Gasteiger partial charge in [-0.15, -0.1) is 0 Å². The molecule has 39 heavy (non-hydrogen) atoms. The molecule has 9 heteroatoms. The molecule has 0 aliphatic carbocycles. The lowest BCUT2D eigenvalue weighted by Crippen LogP contribution is -2.31. The minimum Gasteiger partial charge on any atom is -0.491 e. The third-order valence-corrected chi connectivity index (χ3v) is 5.99. The first-order valence-electron chi connectivity index (χ1n) is 12.6. The lowest BCUT2D eigenvalue weighted by atomic mass is 10.1. The molecule has 208 valence electrons. The fourth-order valence-electron chi connectivity index (χ4n) is 4.12. The molecule has 0 aromatic heterocycles. The highest BCUT2D eigenvalue weighted by atomic mass is 19.4. The summed E-state index contributed by atoms with van der Waals surface area (Å²) in [6.07, 6.45) is -4.53. The van der Waals surface area contributed by atoms with Gasteiger partial charge in [0, 0.05) is 19.2 Å². The number of amides is 1. The monoisotopic (exact) mass is 543 g/mol. The molecular weight excluding hydrogens is 511 g/mol. The highest BCUT2D eigenvalue weighted by Gasteiger charge is 2.30. The average Bonchev–Trinajstić information content (AvgIpc) is 2.85. The highest BCUT2D eigenvalue weighted by molar-refractivity contribution is 5.93. The molecule has 0 spiro atoms. The van der Waals surface area contributed by atoms with E-state index in [0.29, 0.717) is 30.0 Å². The summed E-state index contributed by atoms with van der Waals surface area (Å²) in [4.78, 5) is 26.3. The van der Waals surface area contributed by atoms with E-state index in [9.17, 15) is 27.9 Å². The van der Waals surface area contributed by atoms with E-state index in [4.69, 9.17) is 9.47 Å². The number of aromatic carboxylic acids is 1. The summed E-state index contributed by atoms with van der Waals surface area (Å²) in [5, 5.41) is 9.69. The molecule has 1 amide bonds. The van der Waals surface area contributed by atoms with Gasteiger partial charge in [-0.1, -0.05) is 36.4 Å². The first-order valence-corrected chi connectivity index (χ1v) is 12.6. The Labute approximate surface area is 226 Å². The van der Waals surface area contributed by atoms with Gasteiger partial charge in [-0.25, -0.2) is 4.79 Å². The summed E-state index contributed by atoms with van der Waals surface area (Å²) in [7, 11) is 0. The van der Waals surface area contributed by atoms with Crippen molar-refractivity contribution in [3.05, 3.63) is 94.0 Å². The molecule has 0 fully saturated rings. The van der Waals surface area contributed by atoms with Gasteiger partial charge in [0.2, 0.25) is 5.91 Å². The number of halogens is 3. The molecule has 1 N–H and O–H groups in total. The number of hydrogen-bond acceptors (Lipinski definition) is 4. The second-order valence-electron chi connectivity index (χ2n) is 9.47. The Morgan fingerprint density at radius 2 is 1.64 bits per heavy atom. The number of nitrogens with zero attached hydrogens (tertiary/aromatic N) is 1. The smallest absolute Gasteiger partial charge is 0.416 e. The molecule has 0 saturated heterocycles. The Bertz CT molecular complexity index is 1300. The van der Waals surface area contributed by atoms with Crippen molar-refractivity contribution < 1.29 is 37.3 Å². The van der Waals surface area contributed by atoms with Gasteiger partial charge < -0.3 is 19.5 Å². The van der Waals surface area contributed by atoms with Gasteiger partial charge in [0.25, 0.3) is 0 Å². The largest absolute Gasteiger partial charge is 0.491 e. The van der Waals surface area contributed by atoms with Gasteiger partial charge >= 0.3 is 12.1 Å². The van der Waals surface area contributed by atoms with Crippen molar-refractivity contribution in [3.8, 4) is 11.5 Å². The van der Waals surface area contributed by atoms with Crippen LogP contribution in [0.2, 0.25) is 0 Å². The van der Waals surface area contributed by atoms with Crippen LogP contribution in [0.25, 0.3) is 0 Å². The zero-order chi connectivity index (χ0) is 28.7. The number of alkyl halides is 3. The fraction of sp³-hybridized carbons (Fsp3) is 0.333. The number of benzene rings is 3. The highest BCUT2D eigenvalue weighted by Crippen LogP contribution is 2.31. The average molecular weight is 544 g/mol. The molecule has 3 rings (SSSR count). The maximum absolute atomic E-state index is 12.9. The zero-order valence-electron chi connectivity index (χ0n) is 22.3. The van der Waals surface area contributed by atoms with Crippen molar-refractivity contribution in [2.45, 2.75) is 59.5 Å². The molecule has 0 atom stereocenters. The SMILES string of the molecule is CCN(Cc1cccc(COc2cc(OC(C)C)cc(C)c2C(=O)O)c1)C(=O)Cc1ccc(C(F)(F)F)cc1. The van der Waals surface area contributed by atoms with Crippen LogP contribution in [0.4, 0.5) is 13.2 Å². The topological polar surface area (TPSA) is 76.1 Å². The maximum Gasteiger partial charge on any atom is 0.416 e. The zero-order valence-corrected chi connectivity index (χ0v) is 22.3. The molecule has 3 aromatic carbocycles. The molecule has 6 nitrogen and oxygen atoms in total. The van der Waals surface area contributed by atoms with Crippen LogP contribution in [-0.2, 0) is 30.5 Å². The number of rotatable bonds is 11. The Balaban J connectivity index is 1.70. The number of likely N-dealkylation sites (N-methyl/N-ethyl adjacent to an activating group) is 1. The van der Waals surface area contributed by atoms with Gasteiger partial charge in [-0.05, 0) is 68.1 Å². The fourth-order valence-corrected chi connectivity index (χ4v) is 4.12. The van der Waals surface area contributed by atoms with Crippen LogP contribution in [0.15, 0.2) is 60.7 Å². The van der Waals surface area contributed by atoms with Gasteiger partial charge in [0.1, 0.15) is 23.7 Å². The first kappa shape index (κ1) is 29.5. The molecule has 0 aliphatic heterocycles. The first-order chi connectivity index (χ1) is 18.4. The minimum absolute atomic E-state index is 0.0130. The lowest BCUT2D eigenvalue weighted by Gasteiger charge is -2.22. The van der Waals surface area contributed by atoms with Crippen molar-refractivity contribution in [3.63, 3.8) is 0 Å². The lowest BCUT2D eigenvalue weighted by molar-refractivity contribution is -0.137. The van der Waals surface area contributed by atoms with Crippen LogP contribution >= 0.6 is 0 Å². The molecule has 0 radical (unpaired) electrons. The van der Waals surface area contributed by atoms with E-state index in [0.717, 1.165) is 23.3 Å². The predicted molar refractivity (Wildman–Crippen MR) is 141 cm³/mol. The van der Waals surface area contributed by atoms with Crippen LogP contribution in [0.5, 0.6) is 11.5 Å². The number of carboxylic acid groups (broad SMARTS) is 1. The molecule has 0 heterocycles. The molecule has 3 aromatic rings. The molecule has 0 aliphatic rings. The normalized spacial score (nSPS) is 11.4. The maximum atomic E-state index is 12.9. The Hall–Kier alpha value is -4.01. The van der Waals surface area contributed by atoms with Crippen LogP contribution in [0.1, 0.15) is 58.9 Å². The predicted octanol–water partition coefficient (Wildman–Crippen LogP) is 6.67. The summed E-state index contributed by atoms with van der Waals surface area (Å²) in [6, 6.07) is 15.2. The van der Waals surface area contributed by atoms with Gasteiger partial charge in [-0.2, -0.15) is 13.2 Å². The minimum atomic E-state index is -4.43. The van der Waals surface area contributed by atoms with Crippen LogP contribution < -0.4 is 9.47 Å². The standard InChI is InChI=1S/C30H32F3NO5/c1-5-34(27(35)15-21-9-11-24(12-10-21)30(31,32)33)17-22-7-6-8-23(14-22)18-38-26-16-25(39-19(2)3)13-20(4)28(26)29(36)37/h6-14,16,19H,5,15,17-18H2,1-4H3,(H,36,37). The number of hydrogen-bond donors (Lipinski definition) is 1. The van der Waals surface area contributed by atoms with Gasteiger partial charge in [0.15, 0.2) is 0 Å². The van der Waals surface area contributed by atoms with E-state index in [1.807, 2.05) is 45.0 Å². The summed E-state index contributed by atoms with van der Waals surface area (Å²) in [5.41, 5.74) is 1.95. The molecule has 0 unspecified atom stereocenters. The van der Waals surface area contributed by atoms with E-state index in [-0.39, 0.29) is 36.4 Å². The Morgan fingerprint density at radius 1 is 0.974 bits per heavy atom. The summed E-state index contributed by atoms with van der Waals surface area (Å²) in [6.45, 7) is 8.10. The van der Waals surface area contributed by atoms with Crippen molar-refractivity contribution in [1.82, 2.24) is 4.90 Å². The van der Waals surface area contributed by atoms with E-state index >= 15 is 0 Å². The van der Waals surface area contributed by atoms with Crippen molar-refractivity contribution >= 4 is 11.9 Å². The number of aryl methyl sites for hydroxylation is 1. The number of carbonyl (C=O) groups excluding carboxylic acids is 1. The van der Waals surface area contributed by atoms with E-state index < -0.39 is 17.7 Å². The Morgan fingerprint density at radius 3 is 2.23 bits per heavy atom. The van der Waals surface area contributed by atoms with Crippen LogP contribution in [0.3, 0.4) is 0 Å². The third-order valence-electron chi connectivity index (χ3n) is 5.99. The quantitative estimate of drug-likeness (QED) is 0.292. The summed E-state index contributed by atoms with van der Waals surface area (Å²) in [5.74, 6) is -0.591. The van der Waals surface area contributed by atoms with Crippen molar-refractivity contribution in [2.24, 2.45) is 0 Å². The second kappa shape index (κ2) is 12.7. The van der Waals surface area contributed by atoms with Crippen molar-refractivity contribution in [1.29, 1.82) is 0 Å². The summed E-state index contributed by atoms with van der Waals surface area (Å²) >= 11 is 0. The Kier molecular flexibility index (Phi) is 9.61. The second-order valence-corrected chi connectivity index (χ2v) is 9.47. The van der Waals surface area contributed by atoms with E-state index in [1.165, 1.54) is 12.1 Å². The number of carbonyl (C=O) groups is 2. The van der Waals surface area contributed by atoms with Gasteiger partial charge in [-0.3, -0.25) is 4.79 Å². The molecule has 0 saturated carbocycles. The van der Waals surface area contributed by atoms with E-state index in [1.54, 1.807) is 24.0 Å². The summed E-state index contributed by atoms with van der Waals surface area (Å²) < 4.78 is 50.1. The van der Waals surface area contributed by atoms with E-state index in [2.05, 4.69) is 0 Å². The third kappa shape index (κ3) is 8.24. The number of carboxylic acids is 1. The van der Waals surface area contributed by atoms with Crippen LogP contribution in [-0.4, -0.2) is 34.5 Å². The molecule has 0 bridgehead atoms. The van der Waals surface area contributed by atoms with Gasteiger partial charge in [0.05, 0.1) is 18.1 Å². The van der Waals surface area contributed by atoms with Crippen LogP contribution in [0, 0.1) is 6.92 Å². The molecular formula is C30H32F3NO5.